The number of aryl methyl sites for hydroxylation is 1. The Morgan fingerprint density at radius 3 is 2.43 bits per heavy atom. The molecular formula is C20H22N4O3S. The van der Waals surface area contributed by atoms with Gasteiger partial charge < -0.3 is 4.42 Å². The highest BCUT2D eigenvalue weighted by atomic mass is 32.2. The molecule has 7 nitrogen and oxygen atoms in total. The lowest BCUT2D eigenvalue weighted by Crippen LogP contribution is -2.48. The Morgan fingerprint density at radius 2 is 1.71 bits per heavy atom. The zero-order chi connectivity index (χ0) is 19.6. The van der Waals surface area contributed by atoms with Crippen molar-refractivity contribution in [3.8, 4) is 11.5 Å². The Bertz CT molecular complexity index is 1040. The summed E-state index contributed by atoms with van der Waals surface area (Å²) < 4.78 is 33.0. The van der Waals surface area contributed by atoms with E-state index in [0.717, 1.165) is 11.1 Å². The Hall–Kier alpha value is -2.55. The van der Waals surface area contributed by atoms with Crippen LogP contribution < -0.4 is 0 Å². The van der Waals surface area contributed by atoms with Crippen LogP contribution in [0, 0.1) is 6.92 Å². The average Bonchev–Trinajstić information content (AvgIpc) is 3.18. The van der Waals surface area contributed by atoms with E-state index in [4.69, 9.17) is 4.42 Å². The van der Waals surface area contributed by atoms with Crippen molar-refractivity contribution in [1.29, 1.82) is 0 Å². The molecule has 0 spiro atoms. The SMILES string of the molecule is Cc1cccc(S(=O)(=O)N2CCN(Cc3nnc(-c4ccccc4)o3)CC2)c1. The number of benzene rings is 2. The third kappa shape index (κ3) is 3.99. The number of hydrogen-bond donors (Lipinski definition) is 0. The smallest absolute Gasteiger partial charge is 0.247 e. The molecule has 4 rings (SSSR count). The lowest BCUT2D eigenvalue weighted by atomic mass is 10.2. The van der Waals surface area contributed by atoms with Gasteiger partial charge in [0.05, 0.1) is 11.4 Å². The lowest BCUT2D eigenvalue weighted by Gasteiger charge is -2.33. The first-order valence-corrected chi connectivity index (χ1v) is 10.6. The van der Waals surface area contributed by atoms with Crippen LogP contribution in [0.2, 0.25) is 0 Å². The number of sulfonamides is 1. The van der Waals surface area contributed by atoms with Gasteiger partial charge in [0.15, 0.2) is 0 Å². The summed E-state index contributed by atoms with van der Waals surface area (Å²) in [6.45, 7) is 4.53. The van der Waals surface area contributed by atoms with Gasteiger partial charge in [-0.15, -0.1) is 10.2 Å². The van der Waals surface area contributed by atoms with Crippen LogP contribution in [-0.4, -0.2) is 54.0 Å². The molecule has 0 radical (unpaired) electrons. The summed E-state index contributed by atoms with van der Waals surface area (Å²) in [5, 5.41) is 8.23. The highest BCUT2D eigenvalue weighted by Crippen LogP contribution is 2.21. The third-order valence-electron chi connectivity index (χ3n) is 4.81. The molecule has 0 amide bonds. The molecule has 1 aliphatic rings. The summed E-state index contributed by atoms with van der Waals surface area (Å²) in [4.78, 5) is 2.48. The van der Waals surface area contributed by atoms with Crippen LogP contribution in [-0.2, 0) is 16.6 Å². The first kappa shape index (κ1) is 18.8. The number of rotatable bonds is 5. The van der Waals surface area contributed by atoms with Crippen molar-refractivity contribution in [3.05, 3.63) is 66.1 Å². The molecule has 3 aromatic rings. The normalized spacial score (nSPS) is 16.3. The minimum absolute atomic E-state index is 0.352. The van der Waals surface area contributed by atoms with E-state index >= 15 is 0 Å². The molecular weight excluding hydrogens is 376 g/mol. The number of aromatic nitrogens is 2. The van der Waals surface area contributed by atoms with E-state index in [-0.39, 0.29) is 0 Å². The van der Waals surface area contributed by atoms with Gasteiger partial charge in [-0.1, -0.05) is 30.3 Å². The third-order valence-corrected chi connectivity index (χ3v) is 6.70. The van der Waals surface area contributed by atoms with Crippen molar-refractivity contribution in [2.75, 3.05) is 26.2 Å². The summed E-state index contributed by atoms with van der Waals surface area (Å²) in [5.41, 5.74) is 1.82. The van der Waals surface area contributed by atoms with Gasteiger partial charge in [0.25, 0.3) is 0 Å². The van der Waals surface area contributed by atoms with Gasteiger partial charge in [0.2, 0.25) is 21.8 Å². The molecule has 1 saturated heterocycles. The van der Waals surface area contributed by atoms with E-state index in [2.05, 4.69) is 15.1 Å². The van der Waals surface area contributed by atoms with Gasteiger partial charge in [0, 0.05) is 31.7 Å². The van der Waals surface area contributed by atoms with Crippen molar-refractivity contribution in [2.24, 2.45) is 0 Å². The largest absolute Gasteiger partial charge is 0.419 e. The molecule has 8 heteroatoms. The first-order chi connectivity index (χ1) is 13.5. The molecule has 1 aliphatic heterocycles. The molecule has 0 bridgehead atoms. The Morgan fingerprint density at radius 1 is 0.964 bits per heavy atom. The number of piperazine rings is 1. The van der Waals surface area contributed by atoms with Gasteiger partial charge in [-0.2, -0.15) is 4.31 Å². The molecule has 0 aliphatic carbocycles. The van der Waals surface area contributed by atoms with Crippen molar-refractivity contribution in [3.63, 3.8) is 0 Å². The Labute approximate surface area is 164 Å². The fourth-order valence-corrected chi connectivity index (χ4v) is 4.79. The monoisotopic (exact) mass is 398 g/mol. The van der Waals surface area contributed by atoms with Crippen LogP contribution in [0.3, 0.4) is 0 Å². The molecule has 1 aromatic heterocycles. The number of nitrogens with zero attached hydrogens (tertiary/aromatic N) is 4. The summed E-state index contributed by atoms with van der Waals surface area (Å²) in [6, 6.07) is 16.7. The molecule has 0 atom stereocenters. The van der Waals surface area contributed by atoms with E-state index in [1.165, 1.54) is 0 Å². The highest BCUT2D eigenvalue weighted by molar-refractivity contribution is 7.89. The molecule has 28 heavy (non-hydrogen) atoms. The van der Waals surface area contributed by atoms with E-state index < -0.39 is 10.0 Å². The minimum Gasteiger partial charge on any atom is -0.419 e. The maximum absolute atomic E-state index is 12.8. The Kier molecular flexibility index (Phi) is 5.25. The summed E-state index contributed by atoms with van der Waals surface area (Å²) in [5.74, 6) is 1.03. The summed E-state index contributed by atoms with van der Waals surface area (Å²) >= 11 is 0. The summed E-state index contributed by atoms with van der Waals surface area (Å²) in [6.07, 6.45) is 0. The molecule has 146 valence electrons. The average molecular weight is 398 g/mol. The highest BCUT2D eigenvalue weighted by Gasteiger charge is 2.29. The van der Waals surface area contributed by atoms with Gasteiger partial charge in [-0.3, -0.25) is 4.90 Å². The fourth-order valence-electron chi connectivity index (χ4n) is 3.26. The zero-order valence-corrected chi connectivity index (χ0v) is 16.5. The predicted molar refractivity (Wildman–Crippen MR) is 105 cm³/mol. The molecule has 0 N–H and O–H groups in total. The zero-order valence-electron chi connectivity index (χ0n) is 15.7. The molecule has 1 fully saturated rings. The number of hydrogen-bond acceptors (Lipinski definition) is 6. The molecule has 2 aromatic carbocycles. The van der Waals surface area contributed by atoms with Crippen LogP contribution in [0.1, 0.15) is 11.5 Å². The fraction of sp³-hybridized carbons (Fsp3) is 0.300. The van der Waals surface area contributed by atoms with Crippen LogP contribution >= 0.6 is 0 Å². The van der Waals surface area contributed by atoms with Gasteiger partial charge >= 0.3 is 0 Å². The minimum atomic E-state index is -3.46. The van der Waals surface area contributed by atoms with Gasteiger partial charge in [0.1, 0.15) is 0 Å². The predicted octanol–water partition coefficient (Wildman–Crippen LogP) is 2.55. The second kappa shape index (κ2) is 7.83. The molecule has 0 saturated carbocycles. The van der Waals surface area contributed by atoms with E-state index in [9.17, 15) is 8.42 Å². The topological polar surface area (TPSA) is 79.5 Å². The van der Waals surface area contributed by atoms with E-state index in [1.807, 2.05) is 43.3 Å². The van der Waals surface area contributed by atoms with Crippen molar-refractivity contribution >= 4 is 10.0 Å². The van der Waals surface area contributed by atoms with Crippen LogP contribution in [0.4, 0.5) is 0 Å². The van der Waals surface area contributed by atoms with Crippen molar-refractivity contribution in [2.45, 2.75) is 18.4 Å². The molecule has 2 heterocycles. The first-order valence-electron chi connectivity index (χ1n) is 9.19. The second-order valence-corrected chi connectivity index (χ2v) is 8.80. The Balaban J connectivity index is 1.38. The standard InChI is InChI=1S/C20H22N4O3S/c1-16-6-5-9-18(14-16)28(25,26)24-12-10-23(11-13-24)15-19-21-22-20(27-19)17-7-3-2-4-8-17/h2-9,14H,10-13,15H2,1H3. The quantitative estimate of drug-likeness (QED) is 0.657. The van der Waals surface area contributed by atoms with Crippen molar-refractivity contribution < 1.29 is 12.8 Å². The maximum Gasteiger partial charge on any atom is 0.247 e. The van der Waals surface area contributed by atoms with E-state index in [0.29, 0.717) is 49.4 Å². The van der Waals surface area contributed by atoms with Crippen LogP contribution in [0.15, 0.2) is 63.9 Å². The molecule has 0 unspecified atom stereocenters. The van der Waals surface area contributed by atoms with Crippen LogP contribution in [0.25, 0.3) is 11.5 Å². The van der Waals surface area contributed by atoms with Crippen LogP contribution in [0.5, 0.6) is 0 Å². The van der Waals surface area contributed by atoms with Gasteiger partial charge in [-0.05, 0) is 36.8 Å². The van der Waals surface area contributed by atoms with Gasteiger partial charge in [-0.25, -0.2) is 8.42 Å². The maximum atomic E-state index is 12.8. The summed E-state index contributed by atoms with van der Waals surface area (Å²) in [7, 11) is -3.46. The van der Waals surface area contributed by atoms with E-state index in [1.54, 1.807) is 22.5 Å². The lowest BCUT2D eigenvalue weighted by molar-refractivity contribution is 0.168. The van der Waals surface area contributed by atoms with Crippen molar-refractivity contribution in [1.82, 2.24) is 19.4 Å². The second-order valence-electron chi connectivity index (χ2n) is 6.86.